The Kier molecular flexibility index (Phi) is 6.65. The summed E-state index contributed by atoms with van der Waals surface area (Å²) in [7, 11) is 0. The lowest BCUT2D eigenvalue weighted by Gasteiger charge is -2.34. The van der Waals surface area contributed by atoms with Gasteiger partial charge >= 0.3 is 0 Å². The van der Waals surface area contributed by atoms with Crippen molar-refractivity contribution in [1.29, 1.82) is 0 Å². The van der Waals surface area contributed by atoms with Gasteiger partial charge in [-0.2, -0.15) is 0 Å². The second-order valence-corrected chi connectivity index (χ2v) is 9.53. The molecule has 1 aliphatic carbocycles. The number of hydrogen-bond acceptors (Lipinski definition) is 6. The molecule has 7 heteroatoms. The highest BCUT2D eigenvalue weighted by Gasteiger charge is 2.25. The highest BCUT2D eigenvalue weighted by Crippen LogP contribution is 2.26. The molecule has 2 aromatic heterocycles. The number of amides is 1. The molecule has 1 fully saturated rings. The van der Waals surface area contributed by atoms with E-state index in [1.54, 1.807) is 6.20 Å². The van der Waals surface area contributed by atoms with Crippen LogP contribution >= 0.6 is 0 Å². The zero-order valence-electron chi connectivity index (χ0n) is 19.1. The van der Waals surface area contributed by atoms with Crippen LogP contribution in [0, 0.1) is 0 Å². The van der Waals surface area contributed by atoms with E-state index in [1.165, 1.54) is 6.33 Å². The minimum atomic E-state index is -0.00938. The van der Waals surface area contributed by atoms with Gasteiger partial charge in [0.2, 0.25) is 5.91 Å². The minimum absolute atomic E-state index is 0.00938. The highest BCUT2D eigenvalue weighted by molar-refractivity contribution is 5.93. The number of benzene rings is 1. The zero-order chi connectivity index (χ0) is 22.6. The van der Waals surface area contributed by atoms with Crippen molar-refractivity contribution in [2.24, 2.45) is 0 Å². The summed E-state index contributed by atoms with van der Waals surface area (Å²) >= 11 is 0. The summed E-state index contributed by atoms with van der Waals surface area (Å²) in [4.78, 5) is 25.7. The first-order valence-corrected chi connectivity index (χ1v) is 11.3. The molecule has 0 saturated heterocycles. The quantitative estimate of drug-likeness (QED) is 0.547. The van der Waals surface area contributed by atoms with Crippen LogP contribution in [0.25, 0.3) is 22.2 Å². The van der Waals surface area contributed by atoms with Gasteiger partial charge in [0, 0.05) is 34.8 Å². The van der Waals surface area contributed by atoms with Gasteiger partial charge in [-0.05, 0) is 70.7 Å². The molecule has 1 saturated carbocycles. The monoisotopic (exact) mass is 432 g/mol. The average Bonchev–Trinajstić information content (AvgIpc) is 2.78. The number of carbonyl (C=O) groups excluding carboxylic acids is 1. The fourth-order valence-corrected chi connectivity index (χ4v) is 4.33. The molecule has 1 amide bonds. The van der Waals surface area contributed by atoms with Crippen LogP contribution in [0.15, 0.2) is 48.9 Å². The lowest BCUT2D eigenvalue weighted by atomic mass is 9.89. The molecular weight excluding hydrogens is 400 g/mol. The summed E-state index contributed by atoms with van der Waals surface area (Å²) in [5, 5.41) is 10.9. The highest BCUT2D eigenvalue weighted by atomic mass is 16.2. The van der Waals surface area contributed by atoms with Gasteiger partial charge < -0.3 is 16.0 Å². The van der Waals surface area contributed by atoms with E-state index in [1.807, 2.05) is 36.4 Å². The van der Waals surface area contributed by atoms with E-state index < -0.39 is 0 Å². The summed E-state index contributed by atoms with van der Waals surface area (Å²) < 4.78 is 0. The fourth-order valence-electron chi connectivity index (χ4n) is 4.33. The molecule has 1 aromatic carbocycles. The second kappa shape index (κ2) is 9.61. The third-order valence-electron chi connectivity index (χ3n) is 5.74. The number of anilines is 1. The van der Waals surface area contributed by atoms with E-state index in [4.69, 9.17) is 0 Å². The van der Waals surface area contributed by atoms with E-state index in [2.05, 4.69) is 51.7 Å². The number of rotatable bonds is 6. The van der Waals surface area contributed by atoms with Crippen LogP contribution in [0.3, 0.4) is 0 Å². The van der Waals surface area contributed by atoms with E-state index in [-0.39, 0.29) is 24.0 Å². The molecule has 1 aliphatic rings. The molecule has 0 aliphatic heterocycles. The number of hydrogen-bond donors (Lipinski definition) is 3. The number of carbonyl (C=O) groups is 1. The van der Waals surface area contributed by atoms with Gasteiger partial charge in [-0.1, -0.05) is 12.1 Å². The average molecular weight is 433 g/mol. The van der Waals surface area contributed by atoms with Crippen LogP contribution in [0.2, 0.25) is 0 Å². The van der Waals surface area contributed by atoms with Crippen molar-refractivity contribution in [3.63, 3.8) is 0 Å². The van der Waals surface area contributed by atoms with Crippen molar-refractivity contribution < 1.29 is 4.79 Å². The van der Waals surface area contributed by atoms with Gasteiger partial charge in [-0.3, -0.25) is 9.78 Å². The fraction of sp³-hybridized carbons (Fsp3) is 0.440. The Hall–Kier alpha value is -3.06. The number of nitrogens with zero attached hydrogens (tertiary/aromatic N) is 3. The Morgan fingerprint density at radius 2 is 1.78 bits per heavy atom. The molecule has 0 unspecified atom stereocenters. The Morgan fingerprint density at radius 3 is 2.50 bits per heavy atom. The third kappa shape index (κ3) is 5.79. The maximum Gasteiger partial charge on any atom is 0.239 e. The number of nitrogens with one attached hydrogen (secondary N) is 3. The van der Waals surface area contributed by atoms with Crippen molar-refractivity contribution in [3.05, 3.63) is 48.9 Å². The smallest absolute Gasteiger partial charge is 0.239 e. The summed E-state index contributed by atoms with van der Waals surface area (Å²) in [6, 6.07) is 12.6. The van der Waals surface area contributed by atoms with Gasteiger partial charge in [-0.25, -0.2) is 9.97 Å². The number of aromatic nitrogens is 3. The van der Waals surface area contributed by atoms with Gasteiger partial charge in [0.25, 0.3) is 0 Å². The first kappa shape index (κ1) is 22.1. The number of fused-ring (bicyclic) bond motifs is 1. The van der Waals surface area contributed by atoms with E-state index in [0.717, 1.165) is 47.8 Å². The molecule has 32 heavy (non-hydrogen) atoms. The predicted molar refractivity (Wildman–Crippen MR) is 128 cm³/mol. The molecule has 0 atom stereocenters. The predicted octanol–water partition coefficient (Wildman–Crippen LogP) is 3.92. The largest absolute Gasteiger partial charge is 0.360 e. The summed E-state index contributed by atoms with van der Waals surface area (Å²) in [5.41, 5.74) is 2.83. The minimum Gasteiger partial charge on any atom is -0.360 e. The topological polar surface area (TPSA) is 91.8 Å². The molecule has 3 aromatic rings. The lowest BCUT2D eigenvalue weighted by molar-refractivity contribution is -0.120. The van der Waals surface area contributed by atoms with Crippen LogP contribution < -0.4 is 16.0 Å². The summed E-state index contributed by atoms with van der Waals surface area (Å²) in [5.74, 6) is 0.644. The van der Waals surface area contributed by atoms with Crippen LogP contribution in [0.4, 0.5) is 5.82 Å². The first-order valence-electron chi connectivity index (χ1n) is 11.3. The molecule has 4 rings (SSSR count). The van der Waals surface area contributed by atoms with Gasteiger partial charge in [-0.15, -0.1) is 0 Å². The molecule has 0 bridgehead atoms. The van der Waals surface area contributed by atoms with Crippen molar-refractivity contribution >= 4 is 22.6 Å². The van der Waals surface area contributed by atoms with Crippen molar-refractivity contribution in [2.75, 3.05) is 11.9 Å². The SMILES string of the molecule is CC(C)(C)NC1CCC(NC(=O)CNc2ncnc3ccc(-c4ccccn4)cc23)CC1. The van der Waals surface area contributed by atoms with Crippen molar-refractivity contribution in [2.45, 2.75) is 64.1 Å². The Bertz CT molecular complexity index is 1050. The van der Waals surface area contributed by atoms with E-state index in [0.29, 0.717) is 11.9 Å². The molecule has 0 spiro atoms. The Balaban J connectivity index is 1.35. The number of pyridine rings is 1. The molecular formula is C25H32N6O. The Morgan fingerprint density at radius 1 is 1.00 bits per heavy atom. The lowest BCUT2D eigenvalue weighted by Crippen LogP contribution is -2.48. The van der Waals surface area contributed by atoms with Crippen LogP contribution in [0.5, 0.6) is 0 Å². The standard InChI is InChI=1S/C25H32N6O/c1-25(2,3)31-19-10-8-18(9-11-19)30-23(32)15-27-24-20-14-17(21-6-4-5-13-26-21)7-12-22(20)28-16-29-24/h4-7,12-14,16,18-19,31H,8-11,15H2,1-3H3,(H,30,32)(H,27,28,29). The maximum absolute atomic E-state index is 12.6. The molecule has 3 N–H and O–H groups in total. The van der Waals surface area contributed by atoms with Gasteiger partial charge in [0.1, 0.15) is 12.1 Å². The van der Waals surface area contributed by atoms with Crippen molar-refractivity contribution in [1.82, 2.24) is 25.6 Å². The van der Waals surface area contributed by atoms with E-state index >= 15 is 0 Å². The normalized spacial score (nSPS) is 19.0. The zero-order valence-corrected chi connectivity index (χ0v) is 19.1. The molecule has 168 valence electrons. The summed E-state index contributed by atoms with van der Waals surface area (Å²) in [6.45, 7) is 6.77. The van der Waals surface area contributed by atoms with Crippen molar-refractivity contribution in [3.8, 4) is 11.3 Å². The maximum atomic E-state index is 12.6. The third-order valence-corrected chi connectivity index (χ3v) is 5.74. The Labute approximate surface area is 189 Å². The molecule has 0 radical (unpaired) electrons. The molecule has 2 heterocycles. The molecule has 7 nitrogen and oxygen atoms in total. The van der Waals surface area contributed by atoms with Gasteiger partial charge in [0.15, 0.2) is 0 Å². The van der Waals surface area contributed by atoms with Crippen LogP contribution in [-0.2, 0) is 4.79 Å². The van der Waals surface area contributed by atoms with E-state index in [9.17, 15) is 4.79 Å². The first-order chi connectivity index (χ1) is 15.4. The van der Waals surface area contributed by atoms with Crippen LogP contribution in [0.1, 0.15) is 46.5 Å². The summed E-state index contributed by atoms with van der Waals surface area (Å²) in [6.07, 6.45) is 7.47. The van der Waals surface area contributed by atoms with Crippen LogP contribution in [-0.4, -0.2) is 45.0 Å². The second-order valence-electron chi connectivity index (χ2n) is 9.53. The van der Waals surface area contributed by atoms with Gasteiger partial charge in [0.05, 0.1) is 17.8 Å².